The average Bonchev–Trinajstić information content (AvgIpc) is 2.93. The number of oxazole rings is 1. The Morgan fingerprint density at radius 1 is 1.43 bits per heavy atom. The van der Waals surface area contributed by atoms with Crippen molar-refractivity contribution in [1.82, 2.24) is 9.71 Å². The van der Waals surface area contributed by atoms with Crippen LogP contribution in [0.1, 0.15) is 24.1 Å². The summed E-state index contributed by atoms with van der Waals surface area (Å²) in [6.45, 7) is 1.76. The predicted octanol–water partition coefficient (Wildman–Crippen LogP) is 1.31. The molecule has 0 saturated carbocycles. The van der Waals surface area contributed by atoms with E-state index in [9.17, 15) is 12.8 Å². The summed E-state index contributed by atoms with van der Waals surface area (Å²) in [5.41, 5.74) is 5.51. The summed E-state index contributed by atoms with van der Waals surface area (Å²) >= 11 is 0. The lowest BCUT2D eigenvalue weighted by Gasteiger charge is -2.07. The highest BCUT2D eigenvalue weighted by Crippen LogP contribution is 2.15. The summed E-state index contributed by atoms with van der Waals surface area (Å²) < 4.78 is 45.2. The molecule has 6 nitrogen and oxygen atoms in total. The largest absolute Gasteiger partial charge is 0.444 e. The third-order valence-corrected chi connectivity index (χ3v) is 4.31. The van der Waals surface area contributed by atoms with E-state index >= 15 is 0 Å². The first-order chi connectivity index (χ1) is 9.96. The predicted molar refractivity (Wildman–Crippen MR) is 74.2 cm³/mol. The minimum Gasteiger partial charge on any atom is -0.444 e. The maximum absolute atomic E-state index is 13.3. The number of hydrogen-bond donors (Lipinski definition) is 2. The van der Waals surface area contributed by atoms with Gasteiger partial charge in [0.25, 0.3) is 0 Å². The van der Waals surface area contributed by atoms with Crippen LogP contribution in [0.25, 0.3) is 0 Å². The Morgan fingerprint density at radius 2 is 2.19 bits per heavy atom. The molecule has 2 aromatic rings. The number of aryl methyl sites for hydroxylation is 1. The number of sulfonamides is 1. The van der Waals surface area contributed by atoms with E-state index in [1.807, 2.05) is 6.92 Å². The van der Waals surface area contributed by atoms with Crippen LogP contribution in [0.4, 0.5) is 4.39 Å². The maximum atomic E-state index is 13.3. The molecule has 0 unspecified atom stereocenters. The minimum atomic E-state index is -3.78. The lowest BCUT2D eigenvalue weighted by molar-refractivity contribution is 0.452. The van der Waals surface area contributed by atoms with Gasteiger partial charge in [-0.1, -0.05) is 6.92 Å². The summed E-state index contributed by atoms with van der Waals surface area (Å²) in [6, 6.07) is 3.48. The smallest absolute Gasteiger partial charge is 0.241 e. The zero-order valence-corrected chi connectivity index (χ0v) is 12.3. The topological polar surface area (TPSA) is 98.2 Å². The Balaban J connectivity index is 2.14. The van der Waals surface area contributed by atoms with Crippen LogP contribution in [0.15, 0.2) is 33.7 Å². The van der Waals surface area contributed by atoms with Crippen LogP contribution in [0, 0.1) is 5.82 Å². The van der Waals surface area contributed by atoms with Gasteiger partial charge in [0.2, 0.25) is 15.9 Å². The van der Waals surface area contributed by atoms with Gasteiger partial charge in [-0.2, -0.15) is 0 Å². The molecular weight excluding hydrogens is 297 g/mol. The summed E-state index contributed by atoms with van der Waals surface area (Å²) in [5, 5.41) is 0. The Morgan fingerprint density at radius 3 is 2.81 bits per heavy atom. The Labute approximate surface area is 122 Å². The fourth-order valence-electron chi connectivity index (χ4n) is 1.71. The number of hydrogen-bond acceptors (Lipinski definition) is 5. The molecule has 0 saturated heterocycles. The molecule has 0 amide bonds. The number of nitrogens with one attached hydrogen (secondary N) is 1. The van der Waals surface area contributed by atoms with Crippen LogP contribution in [0.2, 0.25) is 0 Å². The first-order valence-corrected chi connectivity index (χ1v) is 7.86. The van der Waals surface area contributed by atoms with Crippen molar-refractivity contribution in [3.05, 3.63) is 47.4 Å². The van der Waals surface area contributed by atoms with Crippen LogP contribution in [0.3, 0.4) is 0 Å². The number of halogens is 1. The molecule has 0 aliphatic carbocycles. The number of nitrogens with zero attached hydrogens (tertiary/aromatic N) is 1. The highest BCUT2D eigenvalue weighted by molar-refractivity contribution is 7.89. The van der Waals surface area contributed by atoms with Crippen LogP contribution < -0.4 is 10.5 Å². The molecule has 0 radical (unpaired) electrons. The number of aromatic nitrogens is 1. The molecule has 21 heavy (non-hydrogen) atoms. The number of nitrogens with two attached hydrogens (primary N) is 1. The molecule has 8 heteroatoms. The molecule has 0 bridgehead atoms. The highest BCUT2D eigenvalue weighted by Gasteiger charge is 2.17. The van der Waals surface area contributed by atoms with Crippen LogP contribution in [-0.2, 0) is 29.5 Å². The van der Waals surface area contributed by atoms with E-state index < -0.39 is 15.8 Å². The molecule has 1 heterocycles. The Hall–Kier alpha value is -1.77. The van der Waals surface area contributed by atoms with Gasteiger partial charge in [-0.15, -0.1) is 0 Å². The van der Waals surface area contributed by atoms with Gasteiger partial charge in [0.05, 0.1) is 17.6 Å². The molecule has 2 rings (SSSR count). The molecule has 1 aromatic carbocycles. The lowest BCUT2D eigenvalue weighted by Crippen LogP contribution is -2.23. The Kier molecular flexibility index (Phi) is 4.71. The van der Waals surface area contributed by atoms with Gasteiger partial charge in [0, 0.05) is 18.5 Å². The minimum absolute atomic E-state index is 0.0494. The SMILES string of the molecule is CCc1cnc(CNS(=O)(=O)c2ccc(F)c(CN)c2)o1. The van der Waals surface area contributed by atoms with Crippen LogP contribution >= 0.6 is 0 Å². The third-order valence-electron chi connectivity index (χ3n) is 2.91. The van der Waals surface area contributed by atoms with E-state index in [1.165, 1.54) is 12.1 Å². The summed E-state index contributed by atoms with van der Waals surface area (Å²) in [5.74, 6) is 0.421. The molecule has 1 aromatic heterocycles. The summed E-state index contributed by atoms with van der Waals surface area (Å²) in [4.78, 5) is 3.91. The fourth-order valence-corrected chi connectivity index (χ4v) is 2.73. The zero-order chi connectivity index (χ0) is 15.5. The van der Waals surface area contributed by atoms with Gasteiger partial charge in [0.1, 0.15) is 11.6 Å². The van der Waals surface area contributed by atoms with E-state index in [4.69, 9.17) is 10.2 Å². The first-order valence-electron chi connectivity index (χ1n) is 6.38. The molecule has 0 spiro atoms. The molecule has 0 atom stereocenters. The van der Waals surface area contributed by atoms with Crippen molar-refractivity contribution in [2.24, 2.45) is 5.73 Å². The van der Waals surface area contributed by atoms with Gasteiger partial charge >= 0.3 is 0 Å². The van der Waals surface area contributed by atoms with E-state index in [0.717, 1.165) is 6.07 Å². The zero-order valence-electron chi connectivity index (χ0n) is 11.5. The van der Waals surface area contributed by atoms with Crippen molar-refractivity contribution in [3.63, 3.8) is 0 Å². The van der Waals surface area contributed by atoms with E-state index in [2.05, 4.69) is 9.71 Å². The summed E-state index contributed by atoms with van der Waals surface area (Å²) in [7, 11) is -3.78. The fraction of sp³-hybridized carbons (Fsp3) is 0.308. The molecule has 3 N–H and O–H groups in total. The van der Waals surface area contributed by atoms with E-state index in [1.54, 1.807) is 6.20 Å². The van der Waals surface area contributed by atoms with Crippen LogP contribution in [0.5, 0.6) is 0 Å². The molecule has 0 fully saturated rings. The number of benzene rings is 1. The Bertz CT molecular complexity index is 728. The van der Waals surface area contributed by atoms with Crippen molar-refractivity contribution in [1.29, 1.82) is 0 Å². The summed E-state index contributed by atoms with van der Waals surface area (Å²) in [6.07, 6.45) is 2.23. The van der Waals surface area contributed by atoms with Gasteiger partial charge in [-0.25, -0.2) is 22.5 Å². The lowest BCUT2D eigenvalue weighted by atomic mass is 10.2. The average molecular weight is 313 g/mol. The third kappa shape index (κ3) is 3.66. The van der Waals surface area contributed by atoms with Crippen molar-refractivity contribution < 1.29 is 17.2 Å². The van der Waals surface area contributed by atoms with Crippen molar-refractivity contribution in [2.45, 2.75) is 31.3 Å². The monoisotopic (exact) mass is 313 g/mol. The van der Waals surface area contributed by atoms with Gasteiger partial charge in [0.15, 0.2) is 0 Å². The van der Waals surface area contributed by atoms with Gasteiger partial charge in [-0.3, -0.25) is 0 Å². The van der Waals surface area contributed by atoms with E-state index in [-0.39, 0.29) is 29.4 Å². The quantitative estimate of drug-likeness (QED) is 0.838. The van der Waals surface area contributed by atoms with Crippen molar-refractivity contribution >= 4 is 10.0 Å². The van der Waals surface area contributed by atoms with Gasteiger partial charge < -0.3 is 10.2 Å². The highest BCUT2D eigenvalue weighted by atomic mass is 32.2. The molecule has 0 aliphatic heterocycles. The molecule has 0 aliphatic rings. The second-order valence-corrected chi connectivity index (χ2v) is 6.12. The first kappa shape index (κ1) is 15.6. The second kappa shape index (κ2) is 6.33. The second-order valence-electron chi connectivity index (χ2n) is 4.36. The van der Waals surface area contributed by atoms with Crippen LogP contribution in [-0.4, -0.2) is 13.4 Å². The normalized spacial score (nSPS) is 11.8. The van der Waals surface area contributed by atoms with E-state index in [0.29, 0.717) is 12.2 Å². The van der Waals surface area contributed by atoms with Crippen molar-refractivity contribution in [3.8, 4) is 0 Å². The molecule has 114 valence electrons. The number of rotatable bonds is 6. The standard InChI is InChI=1S/C13H16FN3O3S/c1-2-10-7-16-13(20-10)8-17-21(18,19)11-3-4-12(14)9(5-11)6-15/h3-5,7,17H,2,6,8,15H2,1H3. The van der Waals surface area contributed by atoms with Gasteiger partial charge in [-0.05, 0) is 18.2 Å². The maximum Gasteiger partial charge on any atom is 0.241 e. The van der Waals surface area contributed by atoms with Crippen molar-refractivity contribution in [2.75, 3.05) is 0 Å². The molecular formula is C13H16FN3O3S.